The molecule has 0 rings (SSSR count). The van der Waals surface area contributed by atoms with E-state index in [0.717, 1.165) is 0 Å². The molecule has 0 aliphatic heterocycles. The second-order valence-electron chi connectivity index (χ2n) is 2.61. The van der Waals surface area contributed by atoms with Crippen LogP contribution in [0.1, 0.15) is 20.8 Å². The fourth-order valence-corrected chi connectivity index (χ4v) is 0. The first-order chi connectivity index (χ1) is 6.37. The van der Waals surface area contributed by atoms with Crippen molar-refractivity contribution in [1.82, 2.24) is 0 Å². The molecule has 0 aromatic carbocycles. The third kappa shape index (κ3) is 161. The van der Waals surface area contributed by atoms with Gasteiger partial charge in [-0.15, -0.1) is 8.39 Å². The van der Waals surface area contributed by atoms with Crippen LogP contribution in [0.2, 0.25) is 0 Å². The Hall–Kier alpha value is -0.780. The van der Waals surface area contributed by atoms with Crippen molar-refractivity contribution in [2.24, 2.45) is 0 Å². The van der Waals surface area contributed by atoms with Crippen molar-refractivity contribution < 1.29 is 32.9 Å². The highest BCUT2D eigenvalue weighted by Crippen LogP contribution is 2.43. The van der Waals surface area contributed by atoms with E-state index in [1.54, 1.807) is 13.8 Å². The summed E-state index contributed by atoms with van der Waals surface area (Å²) in [5.41, 5.74) is 0.176. The third-order valence-electron chi connectivity index (χ3n) is 0.365. The van der Waals surface area contributed by atoms with E-state index in [2.05, 4.69) is 6.58 Å². The van der Waals surface area contributed by atoms with Crippen molar-refractivity contribution in [3.63, 3.8) is 0 Å². The van der Waals surface area contributed by atoms with E-state index in [0.29, 0.717) is 0 Å². The van der Waals surface area contributed by atoms with Crippen molar-refractivity contribution >= 4 is 14.0 Å². The highest BCUT2D eigenvalue weighted by atomic mass is 31.2. The van der Waals surface area contributed by atoms with Gasteiger partial charge in [0.15, 0.2) is 0 Å². The average Bonchev–Trinajstić information content (AvgIpc) is 1.80. The van der Waals surface area contributed by atoms with Gasteiger partial charge >= 0.3 is 14.0 Å². The minimum atomic E-state index is -5.64. The normalized spacial score (nSPS) is 9.33. The van der Waals surface area contributed by atoms with Crippen LogP contribution in [0.4, 0.5) is 8.39 Å². The third-order valence-corrected chi connectivity index (χ3v) is 0.365. The lowest BCUT2D eigenvalue weighted by Gasteiger charge is -1.80. The SMILES string of the molecule is C=C(C)C(=O)O.CC(C)O.O=P(O)(F)F. The molecule has 0 spiro atoms. The predicted molar refractivity (Wildman–Crippen MR) is 51.8 cm³/mol. The van der Waals surface area contributed by atoms with Crippen molar-refractivity contribution in [2.45, 2.75) is 26.9 Å². The lowest BCUT2D eigenvalue weighted by molar-refractivity contribution is -0.132. The van der Waals surface area contributed by atoms with Gasteiger partial charge in [-0.05, 0) is 20.8 Å². The van der Waals surface area contributed by atoms with E-state index in [4.69, 9.17) is 19.7 Å². The zero-order chi connectivity index (χ0) is 13.2. The molecule has 0 amide bonds. The summed E-state index contributed by atoms with van der Waals surface area (Å²) < 4.78 is 28.7. The number of carboxylic acids is 1. The largest absolute Gasteiger partial charge is 0.549 e. The minimum absolute atomic E-state index is 0.167. The molecule has 0 aromatic rings. The second kappa shape index (κ2) is 9.76. The molecular formula is C7H15F2O5P. The molecule has 3 N–H and O–H groups in total. The smallest absolute Gasteiger partial charge is 0.478 e. The molecule has 0 aliphatic carbocycles. The molecule has 15 heavy (non-hydrogen) atoms. The summed E-state index contributed by atoms with van der Waals surface area (Å²) in [5.74, 6) is -0.935. The van der Waals surface area contributed by atoms with Crippen molar-refractivity contribution in [3.05, 3.63) is 12.2 Å². The number of hydrogen-bond acceptors (Lipinski definition) is 3. The van der Waals surface area contributed by atoms with E-state index in [-0.39, 0.29) is 11.7 Å². The van der Waals surface area contributed by atoms with Crippen LogP contribution in [0.5, 0.6) is 0 Å². The van der Waals surface area contributed by atoms with Crippen molar-refractivity contribution in [2.75, 3.05) is 0 Å². The maximum atomic E-state index is 10.1. The summed E-state index contributed by atoms with van der Waals surface area (Å²) in [5, 5.41) is 15.9. The van der Waals surface area contributed by atoms with Crippen LogP contribution in [-0.4, -0.2) is 27.2 Å². The van der Waals surface area contributed by atoms with Crippen LogP contribution in [0.25, 0.3) is 0 Å². The maximum absolute atomic E-state index is 10.1. The fraction of sp³-hybridized carbons (Fsp3) is 0.571. The summed E-state index contributed by atoms with van der Waals surface area (Å²) in [4.78, 5) is 16.3. The van der Waals surface area contributed by atoms with Crippen LogP contribution in [-0.2, 0) is 9.36 Å². The van der Waals surface area contributed by atoms with Crippen molar-refractivity contribution in [3.8, 4) is 0 Å². The zero-order valence-electron chi connectivity index (χ0n) is 8.65. The van der Waals surface area contributed by atoms with Crippen LogP contribution < -0.4 is 0 Å². The Labute approximate surface area is 86.7 Å². The monoisotopic (exact) mass is 248 g/mol. The summed E-state index contributed by atoms with van der Waals surface area (Å²) in [6.07, 6.45) is -0.167. The second-order valence-corrected chi connectivity index (χ2v) is 3.48. The van der Waals surface area contributed by atoms with Gasteiger partial charge in [0.2, 0.25) is 0 Å². The van der Waals surface area contributed by atoms with E-state index < -0.39 is 14.0 Å². The number of halogens is 2. The van der Waals surface area contributed by atoms with Crippen LogP contribution >= 0.6 is 7.99 Å². The van der Waals surface area contributed by atoms with Crippen LogP contribution in [0.3, 0.4) is 0 Å². The Kier molecular flexibility index (Phi) is 12.8. The van der Waals surface area contributed by atoms with E-state index in [1.165, 1.54) is 6.92 Å². The summed E-state index contributed by atoms with van der Waals surface area (Å²) in [6.45, 7) is 8.05. The zero-order valence-corrected chi connectivity index (χ0v) is 9.54. The quantitative estimate of drug-likeness (QED) is 0.487. The van der Waals surface area contributed by atoms with Gasteiger partial charge in [0.05, 0.1) is 0 Å². The van der Waals surface area contributed by atoms with Gasteiger partial charge in [-0.2, -0.15) is 0 Å². The van der Waals surface area contributed by atoms with Crippen LogP contribution in [0.15, 0.2) is 12.2 Å². The summed E-state index contributed by atoms with van der Waals surface area (Å²) in [6, 6.07) is 0. The Morgan fingerprint density at radius 1 is 1.40 bits per heavy atom. The molecule has 0 fully saturated rings. The molecule has 0 atom stereocenters. The van der Waals surface area contributed by atoms with Gasteiger partial charge in [0, 0.05) is 11.7 Å². The molecule has 0 bridgehead atoms. The summed E-state index contributed by atoms with van der Waals surface area (Å²) in [7, 11) is -5.64. The fourth-order valence-electron chi connectivity index (χ4n) is 0. The molecule has 0 heterocycles. The lowest BCUT2D eigenvalue weighted by atomic mass is 10.4. The number of aliphatic hydroxyl groups is 1. The summed E-state index contributed by atoms with van der Waals surface area (Å²) >= 11 is 0. The lowest BCUT2D eigenvalue weighted by Crippen LogP contribution is -1.92. The first kappa shape index (κ1) is 19.7. The predicted octanol–water partition coefficient (Wildman–Crippen LogP) is 2.06. The first-order valence-electron chi connectivity index (χ1n) is 3.66. The topological polar surface area (TPSA) is 94.8 Å². The van der Waals surface area contributed by atoms with Gasteiger partial charge in [0.25, 0.3) is 0 Å². The first-order valence-corrected chi connectivity index (χ1v) is 5.11. The average molecular weight is 248 g/mol. The molecule has 0 aliphatic rings. The van der Waals surface area contributed by atoms with Crippen LogP contribution in [0, 0.1) is 0 Å². The Morgan fingerprint density at radius 3 is 1.47 bits per heavy atom. The minimum Gasteiger partial charge on any atom is -0.478 e. The number of aliphatic hydroxyl groups excluding tert-OH is 1. The van der Waals surface area contributed by atoms with Crippen molar-refractivity contribution in [1.29, 1.82) is 0 Å². The Bertz CT molecular complexity index is 213. The number of aliphatic carboxylic acids is 1. The molecule has 0 radical (unpaired) electrons. The molecular weight excluding hydrogens is 233 g/mol. The van der Waals surface area contributed by atoms with E-state index >= 15 is 0 Å². The van der Waals surface area contributed by atoms with Gasteiger partial charge in [-0.25, -0.2) is 9.36 Å². The molecule has 0 aromatic heterocycles. The number of carboxylic acid groups (broad SMARTS) is 1. The maximum Gasteiger partial charge on any atom is 0.549 e. The number of rotatable bonds is 1. The number of carbonyl (C=O) groups is 1. The molecule has 0 saturated carbocycles. The molecule has 0 unspecified atom stereocenters. The Balaban J connectivity index is -0.000000147. The van der Waals surface area contributed by atoms with Gasteiger partial charge < -0.3 is 10.2 Å². The molecule has 5 nitrogen and oxygen atoms in total. The van der Waals surface area contributed by atoms with E-state index in [9.17, 15) is 13.2 Å². The van der Waals surface area contributed by atoms with Gasteiger partial charge in [0.1, 0.15) is 0 Å². The standard InChI is InChI=1S/C4H6O2.C3H8O.F2HO2P/c1-3(2)4(5)6;1-3(2)4;1-5(2,3)4/h1H2,2H3,(H,5,6);3-4H,1-2H3;(H,3,4). The number of hydrogen-bond donors (Lipinski definition) is 3. The molecule has 8 heteroatoms. The highest BCUT2D eigenvalue weighted by Gasteiger charge is 2.09. The Morgan fingerprint density at radius 2 is 1.47 bits per heavy atom. The molecule has 92 valence electrons. The van der Waals surface area contributed by atoms with Gasteiger partial charge in [-0.1, -0.05) is 6.58 Å². The molecule has 0 saturated heterocycles. The highest BCUT2D eigenvalue weighted by molar-refractivity contribution is 7.46. The van der Waals surface area contributed by atoms with Gasteiger partial charge in [-0.3, -0.25) is 4.89 Å². The van der Waals surface area contributed by atoms with E-state index in [1.807, 2.05) is 0 Å².